The van der Waals surface area contributed by atoms with E-state index < -0.39 is 0 Å². The summed E-state index contributed by atoms with van der Waals surface area (Å²) in [6.45, 7) is 8.13. The zero-order valence-corrected chi connectivity index (χ0v) is 16.9. The third-order valence-corrected chi connectivity index (χ3v) is 4.84. The summed E-state index contributed by atoms with van der Waals surface area (Å²) in [7, 11) is -0.351. The number of anilines is 2. The van der Waals surface area contributed by atoms with Crippen molar-refractivity contribution in [3.63, 3.8) is 0 Å². The zero-order chi connectivity index (χ0) is 19.7. The number of rotatable bonds is 6. The topological polar surface area (TPSA) is 42.5 Å². The molecule has 142 valence electrons. The van der Waals surface area contributed by atoms with Gasteiger partial charge in [-0.15, -0.1) is 0 Å². The maximum absolute atomic E-state index is 5.96. The summed E-state index contributed by atoms with van der Waals surface area (Å²) in [4.78, 5) is 0. The molecule has 0 bridgehead atoms. The molecular weight excluding hydrogens is 346 g/mol. The normalized spacial score (nSPS) is 13.0. The summed E-state index contributed by atoms with van der Waals surface area (Å²) in [5.41, 5.74) is 4.52. The Hall–Kier alpha value is -2.43. The Bertz CT molecular complexity index is 910. The third-order valence-electron chi connectivity index (χ3n) is 4.84. The van der Waals surface area contributed by atoms with E-state index in [4.69, 9.17) is 9.31 Å². The van der Waals surface area contributed by atoms with Gasteiger partial charge in [-0.25, -0.2) is 0 Å². The number of benzene rings is 3. The summed E-state index contributed by atoms with van der Waals surface area (Å²) >= 11 is 0. The van der Waals surface area contributed by atoms with Crippen molar-refractivity contribution in [3.8, 4) is 0 Å². The minimum absolute atomic E-state index is 0.0186. The van der Waals surface area contributed by atoms with Gasteiger partial charge in [-0.05, 0) is 56.1 Å². The lowest BCUT2D eigenvalue weighted by atomic mass is 9.65. The molecule has 0 atom stereocenters. The first-order valence-corrected chi connectivity index (χ1v) is 9.97. The Balaban J connectivity index is 1.57. The standard InChI is InChI=1S/C22H26B2N2O2/c1-15(2)27-24(28-16(3)4)19-13-11-18(12-14-19)23-25-20-9-5-7-17-8-6-10-21(26-23)22(17)20/h5-16,25-26H,1-4H3. The van der Waals surface area contributed by atoms with Crippen molar-refractivity contribution in [1.82, 2.24) is 0 Å². The molecule has 4 nitrogen and oxygen atoms in total. The fourth-order valence-corrected chi connectivity index (χ4v) is 3.62. The minimum Gasteiger partial charge on any atom is -0.405 e. The minimum atomic E-state index is -0.351. The third kappa shape index (κ3) is 3.89. The molecule has 0 radical (unpaired) electrons. The van der Waals surface area contributed by atoms with Gasteiger partial charge in [0.25, 0.3) is 0 Å². The van der Waals surface area contributed by atoms with Gasteiger partial charge in [-0.2, -0.15) is 0 Å². The predicted octanol–water partition coefficient (Wildman–Crippen LogP) is 3.62. The summed E-state index contributed by atoms with van der Waals surface area (Å²) in [6, 6.07) is 21.2. The first-order valence-electron chi connectivity index (χ1n) is 9.97. The van der Waals surface area contributed by atoms with Crippen LogP contribution in [0.2, 0.25) is 0 Å². The highest BCUT2D eigenvalue weighted by atomic mass is 16.6. The van der Waals surface area contributed by atoms with Crippen LogP contribution in [0.5, 0.6) is 0 Å². The van der Waals surface area contributed by atoms with Crippen LogP contribution in [0.4, 0.5) is 11.4 Å². The highest BCUT2D eigenvalue weighted by molar-refractivity contribution is 6.80. The first-order chi connectivity index (χ1) is 13.5. The maximum Gasteiger partial charge on any atom is 0.494 e. The fraction of sp³-hybridized carbons (Fsp3) is 0.273. The van der Waals surface area contributed by atoms with Crippen molar-refractivity contribution in [2.24, 2.45) is 0 Å². The van der Waals surface area contributed by atoms with E-state index in [1.807, 2.05) is 27.7 Å². The van der Waals surface area contributed by atoms with Crippen LogP contribution in [0.1, 0.15) is 27.7 Å². The van der Waals surface area contributed by atoms with Crippen LogP contribution in [0.25, 0.3) is 10.8 Å². The molecule has 0 unspecified atom stereocenters. The van der Waals surface area contributed by atoms with E-state index in [0.29, 0.717) is 0 Å². The van der Waals surface area contributed by atoms with Gasteiger partial charge in [0.15, 0.2) is 0 Å². The van der Waals surface area contributed by atoms with Crippen LogP contribution < -0.4 is 21.4 Å². The molecular formula is C22H26B2N2O2. The maximum atomic E-state index is 5.96. The van der Waals surface area contributed by atoms with Gasteiger partial charge in [0, 0.05) is 29.0 Å². The smallest absolute Gasteiger partial charge is 0.405 e. The zero-order valence-electron chi connectivity index (χ0n) is 16.9. The molecule has 1 aliphatic heterocycles. The molecule has 0 aromatic heterocycles. The molecule has 0 aliphatic carbocycles. The number of hydrogen-bond donors (Lipinski definition) is 2. The van der Waals surface area contributed by atoms with E-state index in [2.05, 4.69) is 71.1 Å². The van der Waals surface area contributed by atoms with Crippen molar-refractivity contribution in [2.75, 3.05) is 10.5 Å². The number of hydrogen-bond acceptors (Lipinski definition) is 4. The van der Waals surface area contributed by atoms with E-state index in [9.17, 15) is 0 Å². The van der Waals surface area contributed by atoms with Crippen LogP contribution in [0, 0.1) is 0 Å². The Morgan fingerprint density at radius 3 is 1.79 bits per heavy atom. The Kier molecular flexibility index (Phi) is 5.33. The van der Waals surface area contributed by atoms with Gasteiger partial charge in [-0.3, -0.25) is 0 Å². The molecule has 4 rings (SSSR count). The van der Waals surface area contributed by atoms with Gasteiger partial charge in [0.2, 0.25) is 0 Å². The highest BCUT2D eigenvalue weighted by Gasteiger charge is 2.27. The van der Waals surface area contributed by atoms with Crippen LogP contribution in [-0.4, -0.2) is 26.3 Å². The predicted molar refractivity (Wildman–Crippen MR) is 121 cm³/mol. The Labute approximate surface area is 167 Å². The average Bonchev–Trinajstić information content (AvgIpc) is 2.67. The van der Waals surface area contributed by atoms with E-state index >= 15 is 0 Å². The highest BCUT2D eigenvalue weighted by Crippen LogP contribution is 2.33. The number of nitrogens with one attached hydrogen (secondary N) is 2. The van der Waals surface area contributed by atoms with Crippen LogP contribution >= 0.6 is 0 Å². The molecule has 0 spiro atoms. The Morgan fingerprint density at radius 2 is 1.29 bits per heavy atom. The van der Waals surface area contributed by atoms with Crippen molar-refractivity contribution < 1.29 is 9.31 Å². The lowest BCUT2D eigenvalue weighted by Crippen LogP contribution is -2.49. The molecule has 0 saturated carbocycles. The molecule has 0 fully saturated rings. The van der Waals surface area contributed by atoms with Gasteiger partial charge in [0.05, 0.1) is 0 Å². The summed E-state index contributed by atoms with van der Waals surface area (Å²) in [5, 5.41) is 9.72. The van der Waals surface area contributed by atoms with Gasteiger partial charge in [0.1, 0.15) is 0 Å². The Morgan fingerprint density at radius 1 is 0.750 bits per heavy atom. The fourth-order valence-electron chi connectivity index (χ4n) is 3.62. The van der Waals surface area contributed by atoms with Crippen LogP contribution in [0.15, 0.2) is 60.7 Å². The molecule has 2 N–H and O–H groups in total. The summed E-state index contributed by atoms with van der Waals surface area (Å²) in [6.07, 6.45) is 0.198. The molecule has 28 heavy (non-hydrogen) atoms. The van der Waals surface area contributed by atoms with E-state index in [1.165, 1.54) is 16.2 Å². The van der Waals surface area contributed by atoms with E-state index in [1.54, 1.807) is 0 Å². The van der Waals surface area contributed by atoms with Crippen molar-refractivity contribution in [2.45, 2.75) is 39.9 Å². The monoisotopic (exact) mass is 372 g/mol. The second-order valence-corrected chi connectivity index (χ2v) is 7.80. The second-order valence-electron chi connectivity index (χ2n) is 7.80. The second kappa shape index (κ2) is 7.90. The largest absolute Gasteiger partial charge is 0.494 e. The molecule has 1 heterocycles. The van der Waals surface area contributed by atoms with Gasteiger partial charge < -0.3 is 19.8 Å². The lowest BCUT2D eigenvalue weighted by molar-refractivity contribution is 0.139. The molecule has 3 aromatic carbocycles. The van der Waals surface area contributed by atoms with Crippen LogP contribution in [-0.2, 0) is 9.31 Å². The lowest BCUT2D eigenvalue weighted by Gasteiger charge is -2.27. The average molecular weight is 372 g/mol. The summed E-state index contributed by atoms with van der Waals surface area (Å²) < 4.78 is 11.9. The van der Waals surface area contributed by atoms with Crippen molar-refractivity contribution in [1.29, 1.82) is 0 Å². The molecule has 0 saturated heterocycles. The molecule has 1 aliphatic rings. The van der Waals surface area contributed by atoms with Crippen molar-refractivity contribution in [3.05, 3.63) is 60.7 Å². The van der Waals surface area contributed by atoms with E-state index in [0.717, 1.165) is 16.8 Å². The van der Waals surface area contributed by atoms with Crippen LogP contribution in [0.3, 0.4) is 0 Å². The molecule has 0 amide bonds. The summed E-state index contributed by atoms with van der Waals surface area (Å²) in [5.74, 6) is 0. The molecule has 6 heteroatoms. The van der Waals surface area contributed by atoms with E-state index in [-0.39, 0.29) is 26.3 Å². The quantitative estimate of drug-likeness (QED) is 0.649. The molecule has 3 aromatic rings. The van der Waals surface area contributed by atoms with Crippen molar-refractivity contribution >= 4 is 47.2 Å². The first kappa shape index (κ1) is 18.9. The van der Waals surface area contributed by atoms with Gasteiger partial charge in [-0.1, -0.05) is 48.5 Å². The SMILES string of the molecule is CC(C)OB(OC(C)C)c1ccc(B2Nc3cccc4cccc(c34)N2)cc1. The van der Waals surface area contributed by atoms with Gasteiger partial charge >= 0.3 is 14.1 Å².